The standard InChI is InChI=1S/C27H21BrClN3O2/c28-23-13-19(14-24(29)26(23)34-17-18-6-2-1-3-7-18)12-21(15-30)27(33)31-11-10-20-16-32-25-9-5-4-8-22(20)25/h1-9,12-14,16,32H,10-11,17H2,(H,31,33)/b21-12-. The number of hydrogen-bond acceptors (Lipinski definition) is 3. The van der Waals surface area contributed by atoms with E-state index in [1.54, 1.807) is 12.1 Å². The summed E-state index contributed by atoms with van der Waals surface area (Å²) in [4.78, 5) is 15.8. The molecule has 5 nitrogen and oxygen atoms in total. The van der Waals surface area contributed by atoms with E-state index in [0.29, 0.717) is 40.4 Å². The molecular formula is C27H21BrClN3O2. The zero-order valence-corrected chi connectivity index (χ0v) is 20.5. The van der Waals surface area contributed by atoms with Gasteiger partial charge < -0.3 is 15.0 Å². The van der Waals surface area contributed by atoms with Crippen LogP contribution in [-0.2, 0) is 17.8 Å². The van der Waals surface area contributed by atoms with Gasteiger partial charge in [0.25, 0.3) is 5.91 Å². The van der Waals surface area contributed by atoms with Crippen molar-refractivity contribution >= 4 is 50.4 Å². The minimum atomic E-state index is -0.431. The molecule has 34 heavy (non-hydrogen) atoms. The summed E-state index contributed by atoms with van der Waals surface area (Å²) in [6.45, 7) is 0.785. The molecule has 3 aromatic carbocycles. The third kappa shape index (κ3) is 5.69. The molecule has 4 aromatic rings. The van der Waals surface area contributed by atoms with Gasteiger partial charge in [-0.3, -0.25) is 4.79 Å². The first kappa shape index (κ1) is 23.6. The molecule has 1 aromatic heterocycles. The predicted molar refractivity (Wildman–Crippen MR) is 139 cm³/mol. The van der Waals surface area contributed by atoms with E-state index in [-0.39, 0.29) is 5.57 Å². The summed E-state index contributed by atoms with van der Waals surface area (Å²) in [6, 6.07) is 23.2. The molecule has 1 heterocycles. The molecule has 0 aliphatic heterocycles. The first-order valence-corrected chi connectivity index (χ1v) is 11.8. The van der Waals surface area contributed by atoms with E-state index in [9.17, 15) is 10.1 Å². The Morgan fingerprint density at radius 3 is 2.68 bits per heavy atom. The number of H-pyrrole nitrogens is 1. The monoisotopic (exact) mass is 533 g/mol. The average Bonchev–Trinajstić information content (AvgIpc) is 3.25. The van der Waals surface area contributed by atoms with E-state index in [1.807, 2.05) is 66.9 Å². The Balaban J connectivity index is 1.40. The predicted octanol–water partition coefficient (Wildman–Crippen LogP) is 6.43. The lowest BCUT2D eigenvalue weighted by Crippen LogP contribution is -2.26. The van der Waals surface area contributed by atoms with Gasteiger partial charge >= 0.3 is 0 Å². The lowest BCUT2D eigenvalue weighted by molar-refractivity contribution is -0.117. The van der Waals surface area contributed by atoms with Gasteiger partial charge in [0.2, 0.25) is 0 Å². The number of fused-ring (bicyclic) bond motifs is 1. The maximum atomic E-state index is 12.6. The van der Waals surface area contributed by atoms with E-state index in [0.717, 1.165) is 22.0 Å². The molecule has 1 amide bonds. The Labute approximate surface area is 211 Å². The zero-order chi connectivity index (χ0) is 23.9. The van der Waals surface area contributed by atoms with Gasteiger partial charge in [-0.25, -0.2) is 0 Å². The van der Waals surface area contributed by atoms with Gasteiger partial charge in [0.05, 0.1) is 9.50 Å². The lowest BCUT2D eigenvalue weighted by atomic mass is 10.1. The summed E-state index contributed by atoms with van der Waals surface area (Å²) in [6.07, 6.45) is 4.11. The third-order valence-corrected chi connectivity index (χ3v) is 6.15. The minimum absolute atomic E-state index is 0.000141. The molecule has 7 heteroatoms. The highest BCUT2D eigenvalue weighted by molar-refractivity contribution is 9.10. The van der Waals surface area contributed by atoms with Crippen LogP contribution in [0.4, 0.5) is 0 Å². The first-order valence-electron chi connectivity index (χ1n) is 10.7. The molecule has 0 radical (unpaired) electrons. The summed E-state index contributed by atoms with van der Waals surface area (Å²) < 4.78 is 6.50. The molecular weight excluding hydrogens is 514 g/mol. The minimum Gasteiger partial charge on any atom is -0.486 e. The van der Waals surface area contributed by atoms with Crippen molar-refractivity contribution in [1.29, 1.82) is 5.26 Å². The molecule has 0 aliphatic rings. The van der Waals surface area contributed by atoms with Crippen LogP contribution in [0.25, 0.3) is 17.0 Å². The fourth-order valence-corrected chi connectivity index (χ4v) is 4.58. The highest BCUT2D eigenvalue weighted by Crippen LogP contribution is 2.35. The molecule has 0 atom stereocenters. The Kier molecular flexibility index (Phi) is 7.69. The number of benzene rings is 3. The molecule has 4 rings (SSSR count). The van der Waals surface area contributed by atoms with Crippen LogP contribution in [0.2, 0.25) is 5.02 Å². The number of nitrogens with zero attached hydrogens (tertiary/aromatic N) is 1. The molecule has 0 saturated carbocycles. The third-order valence-electron chi connectivity index (χ3n) is 5.28. The van der Waals surface area contributed by atoms with Crippen molar-refractivity contribution in [2.75, 3.05) is 6.54 Å². The number of hydrogen-bond donors (Lipinski definition) is 2. The normalized spacial score (nSPS) is 11.3. The van der Waals surface area contributed by atoms with Gasteiger partial charge in [0.15, 0.2) is 5.75 Å². The number of aromatic nitrogens is 1. The van der Waals surface area contributed by atoms with Crippen molar-refractivity contribution in [2.45, 2.75) is 13.0 Å². The van der Waals surface area contributed by atoms with Crippen molar-refractivity contribution in [3.63, 3.8) is 0 Å². The van der Waals surface area contributed by atoms with Gasteiger partial charge in [-0.15, -0.1) is 0 Å². The van der Waals surface area contributed by atoms with Crippen LogP contribution < -0.4 is 10.1 Å². The first-order chi connectivity index (χ1) is 16.5. The van der Waals surface area contributed by atoms with Crippen molar-refractivity contribution in [3.8, 4) is 11.8 Å². The Morgan fingerprint density at radius 2 is 1.91 bits per heavy atom. The van der Waals surface area contributed by atoms with Crippen LogP contribution in [0.15, 0.2) is 83.0 Å². The second-order valence-electron chi connectivity index (χ2n) is 7.62. The molecule has 0 fully saturated rings. The number of carbonyl (C=O) groups is 1. The Morgan fingerprint density at radius 1 is 1.15 bits per heavy atom. The maximum Gasteiger partial charge on any atom is 0.261 e. The lowest BCUT2D eigenvalue weighted by Gasteiger charge is -2.11. The van der Waals surface area contributed by atoms with Crippen molar-refractivity contribution < 1.29 is 9.53 Å². The highest BCUT2D eigenvalue weighted by Gasteiger charge is 2.13. The van der Waals surface area contributed by atoms with Gasteiger partial charge in [-0.2, -0.15) is 5.26 Å². The molecule has 0 bridgehead atoms. The fraction of sp³-hybridized carbons (Fsp3) is 0.111. The SMILES string of the molecule is N#C/C(=C/c1cc(Cl)c(OCc2ccccc2)c(Br)c1)C(=O)NCCc1c[nH]c2ccccc12. The van der Waals surface area contributed by atoms with Crippen LogP contribution in [0.3, 0.4) is 0 Å². The number of rotatable bonds is 8. The van der Waals surface area contributed by atoms with Gasteiger partial charge in [-0.1, -0.05) is 60.1 Å². The average molecular weight is 535 g/mol. The quantitative estimate of drug-likeness (QED) is 0.202. The topological polar surface area (TPSA) is 77.9 Å². The molecule has 0 saturated heterocycles. The van der Waals surface area contributed by atoms with E-state index >= 15 is 0 Å². The smallest absolute Gasteiger partial charge is 0.261 e. The largest absolute Gasteiger partial charge is 0.486 e. The van der Waals surface area contributed by atoms with Gasteiger partial charge in [0.1, 0.15) is 18.2 Å². The maximum absolute atomic E-state index is 12.6. The number of halogens is 2. The molecule has 170 valence electrons. The van der Waals surface area contributed by atoms with E-state index in [2.05, 4.69) is 26.2 Å². The Hall–Kier alpha value is -3.53. The summed E-state index contributed by atoms with van der Waals surface area (Å²) in [5.41, 5.74) is 3.80. The highest BCUT2D eigenvalue weighted by atomic mass is 79.9. The molecule has 0 unspecified atom stereocenters. The van der Waals surface area contributed by atoms with Crippen LogP contribution in [-0.4, -0.2) is 17.4 Å². The summed E-state index contributed by atoms with van der Waals surface area (Å²) in [5, 5.41) is 13.9. The number of amides is 1. The summed E-state index contributed by atoms with van der Waals surface area (Å²) in [7, 11) is 0. The van der Waals surface area contributed by atoms with Crippen molar-refractivity contribution in [2.24, 2.45) is 0 Å². The number of para-hydroxylation sites is 1. The number of aromatic amines is 1. The summed E-state index contributed by atoms with van der Waals surface area (Å²) in [5.74, 6) is 0.0725. The second-order valence-corrected chi connectivity index (χ2v) is 8.88. The van der Waals surface area contributed by atoms with Crippen molar-refractivity contribution in [3.05, 3.63) is 105 Å². The number of carbonyl (C=O) groups excluding carboxylic acids is 1. The number of ether oxygens (including phenoxy) is 1. The summed E-state index contributed by atoms with van der Waals surface area (Å²) >= 11 is 9.90. The van der Waals surface area contributed by atoms with Crippen LogP contribution in [0.5, 0.6) is 5.75 Å². The van der Waals surface area contributed by atoms with Crippen LogP contribution in [0, 0.1) is 11.3 Å². The van der Waals surface area contributed by atoms with Gasteiger partial charge in [-0.05, 0) is 63.3 Å². The Bertz CT molecular complexity index is 1370. The van der Waals surface area contributed by atoms with Crippen LogP contribution in [0.1, 0.15) is 16.7 Å². The second kappa shape index (κ2) is 11.1. The number of nitriles is 1. The van der Waals surface area contributed by atoms with Gasteiger partial charge in [0, 0.05) is 23.6 Å². The van der Waals surface area contributed by atoms with Crippen molar-refractivity contribution in [1.82, 2.24) is 10.3 Å². The van der Waals surface area contributed by atoms with E-state index in [4.69, 9.17) is 16.3 Å². The number of nitrogens with one attached hydrogen (secondary N) is 2. The van der Waals surface area contributed by atoms with E-state index < -0.39 is 5.91 Å². The zero-order valence-electron chi connectivity index (χ0n) is 18.1. The van der Waals surface area contributed by atoms with E-state index in [1.165, 1.54) is 6.08 Å². The van der Waals surface area contributed by atoms with Crippen LogP contribution >= 0.6 is 27.5 Å². The molecule has 0 aliphatic carbocycles. The molecule has 0 spiro atoms. The fourth-order valence-electron chi connectivity index (χ4n) is 3.59. The molecule has 2 N–H and O–H groups in total.